The third-order valence-electron chi connectivity index (χ3n) is 3.28. The van der Waals surface area contributed by atoms with E-state index < -0.39 is 11.6 Å². The molecule has 0 radical (unpaired) electrons. The van der Waals surface area contributed by atoms with Gasteiger partial charge in [-0.2, -0.15) is 0 Å². The van der Waals surface area contributed by atoms with Gasteiger partial charge in [0.05, 0.1) is 0 Å². The van der Waals surface area contributed by atoms with E-state index in [1.54, 1.807) is 12.1 Å². The van der Waals surface area contributed by atoms with Crippen molar-refractivity contribution in [3.63, 3.8) is 0 Å². The fraction of sp³-hybridized carbons (Fsp3) is 0.294. The van der Waals surface area contributed by atoms with Gasteiger partial charge in [0.1, 0.15) is 17.5 Å². The SMILES string of the molecule is CCCNC(Cc1ccc(F)cc1)c1cc(F)cc(F)c1. The van der Waals surface area contributed by atoms with Crippen molar-refractivity contribution in [3.8, 4) is 0 Å². The molecule has 4 heteroatoms. The first kappa shape index (κ1) is 15.6. The Labute approximate surface area is 122 Å². The van der Waals surface area contributed by atoms with E-state index >= 15 is 0 Å². The minimum absolute atomic E-state index is 0.208. The molecule has 2 rings (SSSR count). The van der Waals surface area contributed by atoms with Crippen LogP contribution in [-0.2, 0) is 6.42 Å². The van der Waals surface area contributed by atoms with E-state index in [1.165, 1.54) is 24.3 Å². The van der Waals surface area contributed by atoms with Gasteiger partial charge < -0.3 is 5.32 Å². The molecule has 0 aliphatic heterocycles. The molecule has 0 amide bonds. The summed E-state index contributed by atoms with van der Waals surface area (Å²) in [6.45, 7) is 2.76. The normalized spacial score (nSPS) is 12.4. The molecule has 0 fully saturated rings. The van der Waals surface area contributed by atoms with Gasteiger partial charge >= 0.3 is 0 Å². The average molecular weight is 293 g/mol. The zero-order chi connectivity index (χ0) is 15.2. The molecule has 2 aromatic carbocycles. The predicted octanol–water partition coefficient (Wildman–Crippen LogP) is 4.39. The van der Waals surface area contributed by atoms with Gasteiger partial charge in [0.25, 0.3) is 0 Å². The Kier molecular flexibility index (Phi) is 5.39. The molecule has 0 aliphatic carbocycles. The summed E-state index contributed by atoms with van der Waals surface area (Å²) in [4.78, 5) is 0. The summed E-state index contributed by atoms with van der Waals surface area (Å²) in [5, 5.41) is 3.28. The van der Waals surface area contributed by atoms with Crippen molar-refractivity contribution in [1.82, 2.24) is 5.32 Å². The molecule has 0 saturated heterocycles. The molecule has 0 aromatic heterocycles. The molecule has 1 N–H and O–H groups in total. The van der Waals surface area contributed by atoms with Crippen LogP contribution in [0, 0.1) is 17.5 Å². The number of nitrogens with one attached hydrogen (secondary N) is 1. The van der Waals surface area contributed by atoms with Crippen LogP contribution in [0.1, 0.15) is 30.5 Å². The minimum Gasteiger partial charge on any atom is -0.310 e. The highest BCUT2D eigenvalue weighted by atomic mass is 19.1. The number of benzene rings is 2. The first-order valence-corrected chi connectivity index (χ1v) is 7.02. The first-order chi connectivity index (χ1) is 10.1. The van der Waals surface area contributed by atoms with Crippen LogP contribution < -0.4 is 5.32 Å². The molecule has 0 aliphatic rings. The lowest BCUT2D eigenvalue weighted by Gasteiger charge is -2.19. The number of halogens is 3. The van der Waals surface area contributed by atoms with Crippen molar-refractivity contribution in [1.29, 1.82) is 0 Å². The predicted molar refractivity (Wildman–Crippen MR) is 77.5 cm³/mol. The van der Waals surface area contributed by atoms with Crippen LogP contribution in [-0.4, -0.2) is 6.54 Å². The highest BCUT2D eigenvalue weighted by molar-refractivity contribution is 5.25. The smallest absolute Gasteiger partial charge is 0.126 e. The van der Waals surface area contributed by atoms with E-state index in [1.807, 2.05) is 6.92 Å². The van der Waals surface area contributed by atoms with E-state index in [9.17, 15) is 13.2 Å². The van der Waals surface area contributed by atoms with E-state index in [-0.39, 0.29) is 11.9 Å². The zero-order valence-electron chi connectivity index (χ0n) is 11.9. The van der Waals surface area contributed by atoms with E-state index in [0.717, 1.165) is 24.6 Å². The Morgan fingerprint density at radius 2 is 1.52 bits per heavy atom. The second kappa shape index (κ2) is 7.27. The van der Waals surface area contributed by atoms with Crippen molar-refractivity contribution < 1.29 is 13.2 Å². The van der Waals surface area contributed by atoms with Gasteiger partial charge in [-0.05, 0) is 54.8 Å². The van der Waals surface area contributed by atoms with Crippen molar-refractivity contribution >= 4 is 0 Å². The van der Waals surface area contributed by atoms with Gasteiger partial charge in [-0.3, -0.25) is 0 Å². The van der Waals surface area contributed by atoms with Gasteiger partial charge in [0.15, 0.2) is 0 Å². The fourth-order valence-corrected chi connectivity index (χ4v) is 2.26. The Morgan fingerprint density at radius 3 is 2.10 bits per heavy atom. The van der Waals surface area contributed by atoms with Crippen LogP contribution in [0.5, 0.6) is 0 Å². The molecule has 1 nitrogen and oxygen atoms in total. The van der Waals surface area contributed by atoms with Crippen LogP contribution in [0.25, 0.3) is 0 Å². The molecular formula is C17H18F3N. The van der Waals surface area contributed by atoms with Crippen LogP contribution in [0.3, 0.4) is 0 Å². The molecule has 0 heterocycles. The van der Waals surface area contributed by atoms with Crippen molar-refractivity contribution in [3.05, 3.63) is 71.0 Å². The second-order valence-corrected chi connectivity index (χ2v) is 5.04. The van der Waals surface area contributed by atoms with Crippen LogP contribution in [0.4, 0.5) is 13.2 Å². The van der Waals surface area contributed by atoms with Gasteiger partial charge in [-0.25, -0.2) is 13.2 Å². The molecule has 1 unspecified atom stereocenters. The van der Waals surface area contributed by atoms with Crippen molar-refractivity contribution in [2.75, 3.05) is 6.54 Å². The summed E-state index contributed by atoms with van der Waals surface area (Å²) in [5.41, 5.74) is 1.47. The van der Waals surface area contributed by atoms with Crippen molar-refractivity contribution in [2.45, 2.75) is 25.8 Å². The van der Waals surface area contributed by atoms with Gasteiger partial charge in [-0.15, -0.1) is 0 Å². The third kappa shape index (κ3) is 4.60. The van der Waals surface area contributed by atoms with Crippen molar-refractivity contribution in [2.24, 2.45) is 0 Å². The van der Waals surface area contributed by atoms with E-state index in [2.05, 4.69) is 5.32 Å². The maximum absolute atomic E-state index is 13.4. The highest BCUT2D eigenvalue weighted by Crippen LogP contribution is 2.21. The molecule has 0 saturated carbocycles. The Morgan fingerprint density at radius 1 is 0.905 bits per heavy atom. The van der Waals surface area contributed by atoms with Gasteiger partial charge in [0, 0.05) is 12.1 Å². The molecule has 1 atom stereocenters. The zero-order valence-corrected chi connectivity index (χ0v) is 11.9. The molecule has 112 valence electrons. The standard InChI is InChI=1S/C17H18F3N/c1-2-7-21-17(8-12-3-5-14(18)6-4-12)13-9-15(19)11-16(20)10-13/h3-6,9-11,17,21H,2,7-8H2,1H3. The largest absolute Gasteiger partial charge is 0.310 e. The lowest BCUT2D eigenvalue weighted by Crippen LogP contribution is -2.24. The summed E-state index contributed by atoms with van der Waals surface area (Å²) >= 11 is 0. The molecule has 0 bridgehead atoms. The summed E-state index contributed by atoms with van der Waals surface area (Å²) < 4.78 is 39.7. The second-order valence-electron chi connectivity index (χ2n) is 5.04. The van der Waals surface area contributed by atoms with E-state index in [0.29, 0.717) is 12.0 Å². The number of hydrogen-bond acceptors (Lipinski definition) is 1. The summed E-state index contributed by atoms with van der Waals surface area (Å²) in [7, 11) is 0. The molecule has 2 aromatic rings. The topological polar surface area (TPSA) is 12.0 Å². The molecular weight excluding hydrogens is 275 g/mol. The van der Waals surface area contributed by atoms with Gasteiger partial charge in [0.2, 0.25) is 0 Å². The van der Waals surface area contributed by atoms with Crippen LogP contribution >= 0.6 is 0 Å². The minimum atomic E-state index is -0.590. The number of rotatable bonds is 6. The monoisotopic (exact) mass is 293 g/mol. The average Bonchev–Trinajstić information content (AvgIpc) is 2.44. The molecule has 0 spiro atoms. The van der Waals surface area contributed by atoms with Crippen LogP contribution in [0.15, 0.2) is 42.5 Å². The first-order valence-electron chi connectivity index (χ1n) is 7.02. The fourth-order valence-electron chi connectivity index (χ4n) is 2.26. The van der Waals surface area contributed by atoms with E-state index in [4.69, 9.17) is 0 Å². The summed E-state index contributed by atoms with van der Waals surface area (Å²) in [5.74, 6) is -1.48. The maximum atomic E-state index is 13.4. The Hall–Kier alpha value is -1.81. The Bertz CT molecular complexity index is 561. The lowest BCUT2D eigenvalue weighted by molar-refractivity contribution is 0.514. The quantitative estimate of drug-likeness (QED) is 0.833. The number of hydrogen-bond donors (Lipinski definition) is 1. The molecule has 21 heavy (non-hydrogen) atoms. The summed E-state index contributed by atoms with van der Waals surface area (Å²) in [6, 6.07) is 9.46. The lowest BCUT2D eigenvalue weighted by atomic mass is 9.98. The van der Waals surface area contributed by atoms with Gasteiger partial charge in [-0.1, -0.05) is 19.1 Å². The van der Waals surface area contributed by atoms with Crippen LogP contribution in [0.2, 0.25) is 0 Å². The Balaban J connectivity index is 2.22. The summed E-state index contributed by atoms with van der Waals surface area (Å²) in [6.07, 6.45) is 1.46. The maximum Gasteiger partial charge on any atom is 0.126 e. The third-order valence-corrected chi connectivity index (χ3v) is 3.28. The highest BCUT2D eigenvalue weighted by Gasteiger charge is 2.14.